The van der Waals surface area contributed by atoms with Gasteiger partial charge in [-0.3, -0.25) is 9.59 Å². The molecule has 0 aromatic rings. The molecule has 2 atom stereocenters. The number of allylic oxidation sites excluding steroid dienone is 5. The lowest BCUT2D eigenvalue weighted by molar-refractivity contribution is -0.143. The number of aliphatic hydroxyl groups excluding tert-OH is 2. The van der Waals surface area contributed by atoms with Crippen molar-refractivity contribution in [2.45, 2.75) is 443 Å². The fraction of sp³-hybridized carbons (Fsp3) is 0.899. The maximum atomic E-state index is 12.5. The predicted octanol–water partition coefficient (Wildman–Crippen LogP) is 25.4. The van der Waals surface area contributed by atoms with Crippen molar-refractivity contribution < 1.29 is 24.5 Å². The van der Waals surface area contributed by atoms with E-state index < -0.39 is 12.1 Å². The highest BCUT2D eigenvalue weighted by Crippen LogP contribution is 2.20. The average Bonchev–Trinajstić information content (AvgIpc) is 3.51. The minimum Gasteiger partial charge on any atom is -0.466 e. The minimum absolute atomic E-state index is 0.0138. The van der Waals surface area contributed by atoms with E-state index in [1.165, 1.54) is 353 Å². The highest BCUT2D eigenvalue weighted by molar-refractivity contribution is 5.76. The van der Waals surface area contributed by atoms with Crippen LogP contribution < -0.4 is 5.32 Å². The number of carbonyl (C=O) groups is 2. The van der Waals surface area contributed by atoms with Gasteiger partial charge < -0.3 is 20.3 Å². The zero-order valence-corrected chi connectivity index (χ0v) is 57.6. The molecular weight excluding hydrogens is 1040 g/mol. The van der Waals surface area contributed by atoms with Gasteiger partial charge in [-0.25, -0.2) is 0 Å². The third kappa shape index (κ3) is 71.0. The summed E-state index contributed by atoms with van der Waals surface area (Å²) in [6, 6.07) is -0.625. The molecule has 0 rings (SSSR count). The summed E-state index contributed by atoms with van der Waals surface area (Å²) in [7, 11) is 0. The minimum atomic E-state index is -0.842. The zero-order valence-electron chi connectivity index (χ0n) is 57.6. The third-order valence-electron chi connectivity index (χ3n) is 18.2. The van der Waals surface area contributed by atoms with Gasteiger partial charge in [-0.05, 0) is 64.2 Å². The SMILES string of the molecule is CCCCC/C=C\C/C=C\CCCCCCCCCC(=O)OCCCCCCCCCCCCCCCCCCCCCCCCCCCCCCCCCCC(=O)NC(CO)C(O)/C=C/CCCCCCCCCCCCCCCCCCC. The van der Waals surface area contributed by atoms with Crippen LogP contribution in [0.3, 0.4) is 0 Å². The quantitative estimate of drug-likeness (QED) is 0.0320. The number of nitrogens with one attached hydrogen (secondary N) is 1. The summed E-state index contributed by atoms with van der Waals surface area (Å²) >= 11 is 0. The van der Waals surface area contributed by atoms with Crippen LogP contribution in [0.4, 0.5) is 0 Å². The third-order valence-corrected chi connectivity index (χ3v) is 18.2. The Bertz CT molecular complexity index is 1380. The Balaban J connectivity index is 3.34. The number of hydrogen-bond donors (Lipinski definition) is 3. The van der Waals surface area contributed by atoms with E-state index in [1.807, 2.05) is 6.08 Å². The summed E-state index contributed by atoms with van der Waals surface area (Å²) in [4.78, 5) is 24.6. The second-order valence-electron chi connectivity index (χ2n) is 26.7. The van der Waals surface area contributed by atoms with E-state index >= 15 is 0 Å². The first-order valence-corrected chi connectivity index (χ1v) is 38.8. The molecule has 0 saturated carbocycles. The first-order chi connectivity index (χ1) is 42.0. The van der Waals surface area contributed by atoms with Crippen LogP contribution >= 0.6 is 0 Å². The highest BCUT2D eigenvalue weighted by Gasteiger charge is 2.18. The Labute approximate surface area is 532 Å². The van der Waals surface area contributed by atoms with Crippen LogP contribution in [0.25, 0.3) is 0 Å². The van der Waals surface area contributed by atoms with Gasteiger partial charge in [0.05, 0.1) is 25.4 Å². The standard InChI is InChI=1S/C79H151NO5/c1-3-5-7-9-11-13-15-17-19-21-36-40-43-47-51-55-59-63-67-71-77(82)76(75-81)80-78(83)72-68-64-60-56-52-48-44-41-37-34-32-30-28-26-24-22-23-25-27-29-31-33-35-38-42-46-50-54-58-62-66-70-74-85-79(84)73-69-65-61-57-53-49-45-39-20-18-16-14-12-10-8-6-4-2/h12,14,18,20,67,71,76-77,81-82H,3-11,13,15-17,19,21-66,68-70,72-75H2,1-2H3,(H,80,83)/b14-12-,20-18-,71-67+. The van der Waals surface area contributed by atoms with Crippen molar-refractivity contribution in [2.75, 3.05) is 13.2 Å². The van der Waals surface area contributed by atoms with Gasteiger partial charge in [-0.15, -0.1) is 0 Å². The number of aliphatic hydroxyl groups is 2. The number of esters is 1. The number of rotatable bonds is 73. The highest BCUT2D eigenvalue weighted by atomic mass is 16.5. The van der Waals surface area contributed by atoms with Gasteiger partial charge in [0, 0.05) is 12.8 Å². The molecule has 0 radical (unpaired) electrons. The van der Waals surface area contributed by atoms with E-state index in [0.29, 0.717) is 19.4 Å². The molecular formula is C79H151NO5. The van der Waals surface area contributed by atoms with Gasteiger partial charge in [0.2, 0.25) is 5.91 Å². The Kier molecular flexibility index (Phi) is 72.9. The van der Waals surface area contributed by atoms with Gasteiger partial charge in [-0.2, -0.15) is 0 Å². The molecule has 85 heavy (non-hydrogen) atoms. The molecule has 0 aromatic carbocycles. The molecule has 0 heterocycles. The molecule has 0 aliphatic carbocycles. The largest absolute Gasteiger partial charge is 0.466 e. The van der Waals surface area contributed by atoms with E-state index in [0.717, 1.165) is 51.4 Å². The summed E-state index contributed by atoms with van der Waals surface area (Å²) in [5.74, 6) is -0.0457. The second kappa shape index (κ2) is 74.5. The molecule has 6 heteroatoms. The monoisotopic (exact) mass is 1190 g/mol. The number of amides is 1. The summed E-state index contributed by atoms with van der Waals surface area (Å²) < 4.78 is 5.51. The van der Waals surface area contributed by atoms with Gasteiger partial charge >= 0.3 is 5.97 Å². The summed E-state index contributed by atoms with van der Waals surface area (Å²) in [6.45, 7) is 4.92. The lowest BCUT2D eigenvalue weighted by Gasteiger charge is -2.20. The summed E-state index contributed by atoms with van der Waals surface area (Å²) in [5.41, 5.74) is 0. The molecule has 6 nitrogen and oxygen atoms in total. The number of unbranched alkanes of at least 4 members (excludes halogenated alkanes) is 58. The zero-order chi connectivity index (χ0) is 61.3. The van der Waals surface area contributed by atoms with Gasteiger partial charge in [0.25, 0.3) is 0 Å². The van der Waals surface area contributed by atoms with E-state index in [4.69, 9.17) is 4.74 Å². The van der Waals surface area contributed by atoms with E-state index in [1.54, 1.807) is 6.08 Å². The molecule has 502 valence electrons. The molecule has 2 unspecified atom stereocenters. The molecule has 0 spiro atoms. The first-order valence-electron chi connectivity index (χ1n) is 38.8. The normalized spacial score (nSPS) is 12.7. The van der Waals surface area contributed by atoms with Crippen LogP contribution in [0.5, 0.6) is 0 Å². The maximum Gasteiger partial charge on any atom is 0.305 e. The average molecular weight is 1200 g/mol. The summed E-state index contributed by atoms with van der Waals surface area (Å²) in [6.07, 6.45) is 96.9. The Morgan fingerprint density at radius 2 is 0.588 bits per heavy atom. The van der Waals surface area contributed by atoms with Crippen LogP contribution in [-0.4, -0.2) is 47.4 Å². The molecule has 0 saturated heterocycles. The van der Waals surface area contributed by atoms with Gasteiger partial charge in [0.15, 0.2) is 0 Å². The van der Waals surface area contributed by atoms with Crippen molar-refractivity contribution in [1.82, 2.24) is 5.32 Å². The molecule has 0 aromatic heterocycles. The second-order valence-corrected chi connectivity index (χ2v) is 26.7. The van der Waals surface area contributed by atoms with Crippen molar-refractivity contribution in [3.8, 4) is 0 Å². The summed E-state index contributed by atoms with van der Waals surface area (Å²) in [5, 5.41) is 23.3. The van der Waals surface area contributed by atoms with Gasteiger partial charge in [0.1, 0.15) is 0 Å². The number of hydrogen-bond acceptors (Lipinski definition) is 5. The van der Waals surface area contributed by atoms with Crippen LogP contribution in [0.1, 0.15) is 431 Å². The van der Waals surface area contributed by atoms with Crippen molar-refractivity contribution in [3.63, 3.8) is 0 Å². The van der Waals surface area contributed by atoms with Crippen molar-refractivity contribution in [2.24, 2.45) is 0 Å². The Morgan fingerprint density at radius 3 is 0.918 bits per heavy atom. The van der Waals surface area contributed by atoms with E-state index in [2.05, 4.69) is 43.5 Å². The van der Waals surface area contributed by atoms with Crippen LogP contribution in [0, 0.1) is 0 Å². The maximum absolute atomic E-state index is 12.5. The fourth-order valence-electron chi connectivity index (χ4n) is 12.3. The van der Waals surface area contributed by atoms with E-state index in [9.17, 15) is 19.8 Å². The van der Waals surface area contributed by atoms with Crippen molar-refractivity contribution in [3.05, 3.63) is 36.5 Å². The predicted molar refractivity (Wildman–Crippen MR) is 375 cm³/mol. The fourth-order valence-corrected chi connectivity index (χ4v) is 12.3. The Morgan fingerprint density at radius 1 is 0.329 bits per heavy atom. The first kappa shape index (κ1) is 83.1. The number of ether oxygens (including phenoxy) is 1. The number of carbonyl (C=O) groups excluding carboxylic acids is 2. The lowest BCUT2D eigenvalue weighted by atomic mass is 10.0. The van der Waals surface area contributed by atoms with Crippen LogP contribution in [0.15, 0.2) is 36.5 Å². The molecule has 0 aliphatic heterocycles. The topological polar surface area (TPSA) is 95.9 Å². The van der Waals surface area contributed by atoms with Crippen LogP contribution in [0.2, 0.25) is 0 Å². The molecule has 0 bridgehead atoms. The van der Waals surface area contributed by atoms with Crippen molar-refractivity contribution >= 4 is 11.9 Å². The van der Waals surface area contributed by atoms with Crippen molar-refractivity contribution in [1.29, 1.82) is 0 Å². The molecule has 0 fully saturated rings. The smallest absolute Gasteiger partial charge is 0.305 e. The molecule has 3 N–H and O–H groups in total. The van der Waals surface area contributed by atoms with Crippen LogP contribution in [-0.2, 0) is 14.3 Å². The van der Waals surface area contributed by atoms with E-state index in [-0.39, 0.29) is 18.5 Å². The molecule has 0 aliphatic rings. The van der Waals surface area contributed by atoms with Gasteiger partial charge in [-0.1, -0.05) is 391 Å². The lowest BCUT2D eigenvalue weighted by Crippen LogP contribution is -2.45. The molecule has 1 amide bonds. The Hall–Kier alpha value is -1.92.